The van der Waals surface area contributed by atoms with Crippen LogP contribution < -0.4 is 5.73 Å². The van der Waals surface area contributed by atoms with Crippen molar-refractivity contribution >= 4 is 0 Å². The maximum Gasteiger partial charge on any atom is 0.123 e. The van der Waals surface area contributed by atoms with Crippen molar-refractivity contribution in [2.24, 2.45) is 5.73 Å². The molecule has 0 bridgehead atoms. The molecule has 0 saturated carbocycles. The Bertz CT molecular complexity index is 507. The SMILES string of the molecule is CCn1cc(CC(N)Cc2cccc(F)c2)cn1. The van der Waals surface area contributed by atoms with E-state index < -0.39 is 0 Å². The molecule has 18 heavy (non-hydrogen) atoms. The third-order valence-corrected chi connectivity index (χ3v) is 2.90. The molecule has 2 rings (SSSR count). The van der Waals surface area contributed by atoms with Crippen LogP contribution in [0.3, 0.4) is 0 Å². The van der Waals surface area contributed by atoms with E-state index in [0.29, 0.717) is 6.42 Å². The number of nitrogens with two attached hydrogens (primary N) is 1. The highest BCUT2D eigenvalue weighted by Crippen LogP contribution is 2.09. The molecule has 3 nitrogen and oxygen atoms in total. The minimum absolute atomic E-state index is 0.0127. The van der Waals surface area contributed by atoms with Crippen LogP contribution in [0.25, 0.3) is 0 Å². The molecule has 0 spiro atoms. The van der Waals surface area contributed by atoms with Gasteiger partial charge in [-0.2, -0.15) is 5.10 Å². The summed E-state index contributed by atoms with van der Waals surface area (Å²) in [4.78, 5) is 0. The number of hydrogen-bond donors (Lipinski definition) is 1. The van der Waals surface area contributed by atoms with Crippen molar-refractivity contribution < 1.29 is 4.39 Å². The highest BCUT2D eigenvalue weighted by molar-refractivity contribution is 5.18. The summed E-state index contributed by atoms with van der Waals surface area (Å²) in [6, 6.07) is 6.59. The van der Waals surface area contributed by atoms with Crippen LogP contribution in [0, 0.1) is 5.82 Å². The van der Waals surface area contributed by atoms with Crippen LogP contribution in [-0.4, -0.2) is 15.8 Å². The molecule has 2 N–H and O–H groups in total. The Labute approximate surface area is 106 Å². The fraction of sp³-hybridized carbons (Fsp3) is 0.357. The molecule has 1 atom stereocenters. The van der Waals surface area contributed by atoms with Crippen LogP contribution in [0.2, 0.25) is 0 Å². The fourth-order valence-electron chi connectivity index (χ4n) is 2.03. The number of nitrogens with zero attached hydrogens (tertiary/aromatic N) is 2. The lowest BCUT2D eigenvalue weighted by Gasteiger charge is -2.10. The molecule has 1 aromatic heterocycles. The Morgan fingerprint density at radius 2 is 2.11 bits per heavy atom. The van der Waals surface area contributed by atoms with Crippen molar-refractivity contribution in [3.8, 4) is 0 Å². The second-order valence-corrected chi connectivity index (χ2v) is 4.50. The summed E-state index contributed by atoms with van der Waals surface area (Å²) in [6.45, 7) is 2.91. The molecule has 0 fully saturated rings. The first-order chi connectivity index (χ1) is 8.67. The zero-order valence-electron chi connectivity index (χ0n) is 10.5. The Kier molecular flexibility index (Phi) is 4.10. The predicted octanol–water partition coefficient (Wildman–Crippen LogP) is 2.15. The van der Waals surface area contributed by atoms with Gasteiger partial charge in [0.05, 0.1) is 6.20 Å². The average molecular weight is 247 g/mol. The van der Waals surface area contributed by atoms with Gasteiger partial charge in [0.2, 0.25) is 0 Å². The summed E-state index contributed by atoms with van der Waals surface area (Å²) in [5.41, 5.74) is 8.14. The lowest BCUT2D eigenvalue weighted by molar-refractivity contribution is 0.617. The molecule has 96 valence electrons. The van der Waals surface area contributed by atoms with Gasteiger partial charge in [-0.15, -0.1) is 0 Å². The highest BCUT2D eigenvalue weighted by atomic mass is 19.1. The molecule has 0 amide bonds. The summed E-state index contributed by atoms with van der Waals surface area (Å²) < 4.78 is 14.9. The molecule has 0 saturated heterocycles. The molecule has 2 aromatic rings. The maximum absolute atomic E-state index is 13.0. The minimum atomic E-state index is -0.210. The van der Waals surface area contributed by atoms with Gasteiger partial charge in [0.1, 0.15) is 5.82 Å². The molecular formula is C14H18FN3. The summed E-state index contributed by atoms with van der Waals surface area (Å²) >= 11 is 0. The smallest absolute Gasteiger partial charge is 0.123 e. The Morgan fingerprint density at radius 3 is 2.78 bits per heavy atom. The second kappa shape index (κ2) is 5.78. The lowest BCUT2D eigenvalue weighted by atomic mass is 10.0. The van der Waals surface area contributed by atoms with E-state index in [2.05, 4.69) is 5.10 Å². The van der Waals surface area contributed by atoms with E-state index in [1.165, 1.54) is 12.1 Å². The van der Waals surface area contributed by atoms with Crippen LogP contribution in [-0.2, 0) is 19.4 Å². The molecule has 0 radical (unpaired) electrons. The van der Waals surface area contributed by atoms with Gasteiger partial charge in [0, 0.05) is 18.8 Å². The van der Waals surface area contributed by atoms with Gasteiger partial charge in [-0.3, -0.25) is 4.68 Å². The predicted molar refractivity (Wildman–Crippen MR) is 69.7 cm³/mol. The third-order valence-electron chi connectivity index (χ3n) is 2.90. The monoisotopic (exact) mass is 247 g/mol. The van der Waals surface area contributed by atoms with E-state index in [1.807, 2.05) is 30.1 Å². The maximum atomic E-state index is 13.0. The van der Waals surface area contributed by atoms with Crippen LogP contribution in [0.4, 0.5) is 4.39 Å². The Morgan fingerprint density at radius 1 is 1.33 bits per heavy atom. The quantitative estimate of drug-likeness (QED) is 0.879. The van der Waals surface area contributed by atoms with Gasteiger partial charge < -0.3 is 5.73 Å². The Balaban J connectivity index is 1.94. The van der Waals surface area contributed by atoms with Crippen molar-refractivity contribution in [1.29, 1.82) is 0 Å². The first kappa shape index (κ1) is 12.8. The normalized spacial score (nSPS) is 12.6. The Hall–Kier alpha value is -1.68. The number of halogens is 1. The van der Waals surface area contributed by atoms with Gasteiger partial charge in [-0.25, -0.2) is 4.39 Å². The molecule has 1 unspecified atom stereocenters. The van der Waals surface area contributed by atoms with E-state index in [4.69, 9.17) is 5.73 Å². The third kappa shape index (κ3) is 3.40. The van der Waals surface area contributed by atoms with E-state index >= 15 is 0 Å². The van der Waals surface area contributed by atoms with Crippen LogP contribution in [0.5, 0.6) is 0 Å². The van der Waals surface area contributed by atoms with Crippen molar-refractivity contribution in [2.75, 3.05) is 0 Å². The second-order valence-electron chi connectivity index (χ2n) is 4.50. The standard InChI is InChI=1S/C14H18FN3/c1-2-18-10-12(9-17-18)8-14(16)7-11-4-3-5-13(15)6-11/h3-6,9-10,14H,2,7-8,16H2,1H3. The van der Waals surface area contributed by atoms with Crippen LogP contribution >= 0.6 is 0 Å². The number of hydrogen-bond acceptors (Lipinski definition) is 2. The topological polar surface area (TPSA) is 43.8 Å². The fourth-order valence-corrected chi connectivity index (χ4v) is 2.03. The van der Waals surface area contributed by atoms with Crippen molar-refractivity contribution in [3.63, 3.8) is 0 Å². The van der Waals surface area contributed by atoms with Gasteiger partial charge >= 0.3 is 0 Å². The summed E-state index contributed by atoms with van der Waals surface area (Å²) in [7, 11) is 0. The van der Waals surface area contributed by atoms with E-state index in [-0.39, 0.29) is 11.9 Å². The average Bonchev–Trinajstić information content (AvgIpc) is 2.76. The number of rotatable bonds is 5. The summed E-state index contributed by atoms with van der Waals surface area (Å²) in [6.07, 6.45) is 5.28. The lowest BCUT2D eigenvalue weighted by Crippen LogP contribution is -2.25. The largest absolute Gasteiger partial charge is 0.327 e. The minimum Gasteiger partial charge on any atom is -0.327 e. The summed E-state index contributed by atoms with van der Waals surface area (Å²) in [5, 5.41) is 4.21. The molecule has 0 aliphatic rings. The van der Waals surface area contributed by atoms with Gasteiger partial charge in [-0.05, 0) is 43.0 Å². The number of aromatic nitrogens is 2. The molecule has 4 heteroatoms. The van der Waals surface area contributed by atoms with Gasteiger partial charge in [0.25, 0.3) is 0 Å². The highest BCUT2D eigenvalue weighted by Gasteiger charge is 2.07. The number of benzene rings is 1. The molecule has 1 heterocycles. The number of aryl methyl sites for hydroxylation is 1. The van der Waals surface area contributed by atoms with Crippen LogP contribution in [0.1, 0.15) is 18.1 Å². The van der Waals surface area contributed by atoms with Crippen LogP contribution in [0.15, 0.2) is 36.7 Å². The van der Waals surface area contributed by atoms with Gasteiger partial charge in [-0.1, -0.05) is 12.1 Å². The van der Waals surface area contributed by atoms with E-state index in [9.17, 15) is 4.39 Å². The van der Waals surface area contributed by atoms with E-state index in [0.717, 1.165) is 24.1 Å². The molecular weight excluding hydrogens is 229 g/mol. The molecule has 1 aromatic carbocycles. The molecule has 0 aliphatic carbocycles. The first-order valence-electron chi connectivity index (χ1n) is 6.18. The molecule has 0 aliphatic heterocycles. The van der Waals surface area contributed by atoms with Gasteiger partial charge in [0.15, 0.2) is 0 Å². The van der Waals surface area contributed by atoms with E-state index in [1.54, 1.807) is 6.07 Å². The first-order valence-corrected chi connectivity index (χ1v) is 6.18. The van der Waals surface area contributed by atoms with Crippen molar-refractivity contribution in [1.82, 2.24) is 9.78 Å². The van der Waals surface area contributed by atoms with Crippen molar-refractivity contribution in [3.05, 3.63) is 53.6 Å². The van der Waals surface area contributed by atoms with Crippen molar-refractivity contribution in [2.45, 2.75) is 32.4 Å². The zero-order valence-corrected chi connectivity index (χ0v) is 10.5. The zero-order chi connectivity index (χ0) is 13.0. The summed E-state index contributed by atoms with van der Waals surface area (Å²) in [5.74, 6) is -0.210.